The number of carbonyl (C=O) groups excluding carboxylic acids is 3. The van der Waals surface area contributed by atoms with Crippen LogP contribution in [0.2, 0.25) is 0 Å². The maximum atomic E-state index is 12.7. The number of unbranched alkanes of at least 4 members (excludes halogenated alkanes) is 18. The zero-order chi connectivity index (χ0) is 43.0. The average molecular weight is 819 g/mol. The Morgan fingerprint density at radius 1 is 0.390 bits per heavy atom. The molecule has 0 bridgehead atoms. The first-order valence-electron chi connectivity index (χ1n) is 23.8. The second-order valence-electron chi connectivity index (χ2n) is 15.4. The van der Waals surface area contributed by atoms with E-state index in [1.807, 2.05) is 42.5 Å². The van der Waals surface area contributed by atoms with Gasteiger partial charge in [0.25, 0.3) is 0 Å². The summed E-state index contributed by atoms with van der Waals surface area (Å²) in [6.45, 7) is 6.22. The molecule has 0 aliphatic rings. The van der Waals surface area contributed by atoms with Crippen molar-refractivity contribution in [2.45, 2.75) is 207 Å². The van der Waals surface area contributed by atoms with Crippen LogP contribution in [0.4, 0.5) is 0 Å². The fourth-order valence-electron chi connectivity index (χ4n) is 6.15. The van der Waals surface area contributed by atoms with Crippen LogP contribution in [0.1, 0.15) is 201 Å². The van der Waals surface area contributed by atoms with Crippen molar-refractivity contribution >= 4 is 17.9 Å². The zero-order valence-electron chi connectivity index (χ0n) is 38.0. The van der Waals surface area contributed by atoms with Crippen molar-refractivity contribution in [3.63, 3.8) is 0 Å². The van der Waals surface area contributed by atoms with Gasteiger partial charge in [-0.05, 0) is 77.0 Å². The lowest BCUT2D eigenvalue weighted by atomic mass is 10.1. The van der Waals surface area contributed by atoms with E-state index < -0.39 is 12.1 Å². The molecular weight excluding hydrogens is 733 g/mol. The summed E-state index contributed by atoms with van der Waals surface area (Å²) in [6, 6.07) is 0. The maximum Gasteiger partial charge on any atom is 0.309 e. The van der Waals surface area contributed by atoms with E-state index in [0.29, 0.717) is 12.8 Å². The molecule has 0 aromatic rings. The van der Waals surface area contributed by atoms with Gasteiger partial charge in [-0.2, -0.15) is 0 Å². The topological polar surface area (TPSA) is 78.9 Å². The summed E-state index contributed by atoms with van der Waals surface area (Å²) in [4.78, 5) is 37.7. The molecule has 0 amide bonds. The summed E-state index contributed by atoms with van der Waals surface area (Å²) in [5.74, 6) is -1.11. The van der Waals surface area contributed by atoms with Crippen molar-refractivity contribution in [2.24, 2.45) is 0 Å². The molecule has 59 heavy (non-hydrogen) atoms. The van der Waals surface area contributed by atoms with Gasteiger partial charge in [-0.15, -0.1) is 0 Å². The Bertz CT molecular complexity index is 1220. The van der Waals surface area contributed by atoms with Crippen molar-refractivity contribution in [1.82, 2.24) is 0 Å². The summed E-state index contributed by atoms with van der Waals surface area (Å²) in [7, 11) is 0. The molecule has 1 unspecified atom stereocenters. The standard InChI is InChI=1S/C53H86O6/c1-4-7-10-13-16-19-21-23-24-25-26-27-28-30-31-34-37-40-43-46-52(55)58-49-50(48-57-51(54)45-42-39-36-33-18-15-12-9-6-3)59-53(56)47-44-41-38-35-32-29-22-20-17-14-11-8-5-2/h8-9,11-12,14,17-18,20,22,25-26,29,32-33,39,42,50H,4-7,10,13,15-16,19,21,23-24,27-28,30-31,34-38,40-41,43-49H2,1-3H3/b11-8-,12-9-,17-14-,22-20-,26-25-,32-29-,33-18-,42-39-. The van der Waals surface area contributed by atoms with Gasteiger partial charge in [-0.1, -0.05) is 201 Å². The van der Waals surface area contributed by atoms with E-state index >= 15 is 0 Å². The predicted octanol–water partition coefficient (Wildman–Crippen LogP) is 15.4. The summed E-state index contributed by atoms with van der Waals surface area (Å²) >= 11 is 0. The Morgan fingerprint density at radius 3 is 1.39 bits per heavy atom. The molecule has 0 saturated carbocycles. The van der Waals surface area contributed by atoms with Crippen molar-refractivity contribution in [2.75, 3.05) is 13.2 Å². The molecule has 0 rings (SSSR count). The van der Waals surface area contributed by atoms with Gasteiger partial charge in [0, 0.05) is 12.8 Å². The van der Waals surface area contributed by atoms with E-state index in [0.717, 1.165) is 64.2 Å². The predicted molar refractivity (Wildman–Crippen MR) is 251 cm³/mol. The lowest BCUT2D eigenvalue weighted by molar-refractivity contribution is -0.166. The fourth-order valence-corrected chi connectivity index (χ4v) is 6.15. The molecule has 6 heteroatoms. The van der Waals surface area contributed by atoms with Gasteiger partial charge in [0.15, 0.2) is 6.10 Å². The largest absolute Gasteiger partial charge is 0.462 e. The number of allylic oxidation sites excluding steroid dienone is 15. The van der Waals surface area contributed by atoms with Gasteiger partial charge >= 0.3 is 17.9 Å². The molecule has 0 aliphatic carbocycles. The third-order valence-electron chi connectivity index (χ3n) is 9.68. The Morgan fingerprint density at radius 2 is 0.814 bits per heavy atom. The van der Waals surface area contributed by atoms with Crippen LogP contribution >= 0.6 is 0 Å². The second kappa shape index (κ2) is 47.0. The van der Waals surface area contributed by atoms with E-state index in [4.69, 9.17) is 14.2 Å². The van der Waals surface area contributed by atoms with Gasteiger partial charge < -0.3 is 14.2 Å². The summed E-state index contributed by atoms with van der Waals surface area (Å²) in [5, 5.41) is 0. The van der Waals surface area contributed by atoms with E-state index in [-0.39, 0.29) is 38.0 Å². The van der Waals surface area contributed by atoms with Gasteiger partial charge in [0.05, 0.1) is 6.42 Å². The minimum atomic E-state index is -0.834. The number of hydrogen-bond acceptors (Lipinski definition) is 6. The van der Waals surface area contributed by atoms with Gasteiger partial charge in [0.1, 0.15) is 13.2 Å². The maximum absolute atomic E-state index is 12.7. The first-order valence-corrected chi connectivity index (χ1v) is 23.8. The van der Waals surface area contributed by atoms with Gasteiger partial charge in [-0.25, -0.2) is 0 Å². The van der Waals surface area contributed by atoms with Crippen molar-refractivity contribution in [1.29, 1.82) is 0 Å². The number of rotatable bonds is 41. The van der Waals surface area contributed by atoms with Crippen LogP contribution in [0.15, 0.2) is 97.2 Å². The number of ether oxygens (including phenoxy) is 3. The van der Waals surface area contributed by atoms with Crippen molar-refractivity contribution < 1.29 is 28.6 Å². The quantitative estimate of drug-likeness (QED) is 0.0201. The van der Waals surface area contributed by atoms with Crippen LogP contribution in [-0.2, 0) is 28.6 Å². The minimum absolute atomic E-state index is 0.123. The van der Waals surface area contributed by atoms with E-state index in [1.54, 1.807) is 6.08 Å². The molecule has 0 saturated heterocycles. The molecule has 334 valence electrons. The van der Waals surface area contributed by atoms with Crippen LogP contribution in [0, 0.1) is 0 Å². The van der Waals surface area contributed by atoms with Crippen molar-refractivity contribution in [3.8, 4) is 0 Å². The molecule has 1 atom stereocenters. The van der Waals surface area contributed by atoms with Crippen LogP contribution in [-0.4, -0.2) is 37.2 Å². The number of hydrogen-bond donors (Lipinski definition) is 0. The van der Waals surface area contributed by atoms with Gasteiger partial charge in [-0.3, -0.25) is 14.4 Å². The van der Waals surface area contributed by atoms with Crippen molar-refractivity contribution in [3.05, 3.63) is 97.2 Å². The zero-order valence-corrected chi connectivity index (χ0v) is 38.0. The highest BCUT2D eigenvalue weighted by molar-refractivity contribution is 5.72. The normalized spacial score (nSPS) is 12.9. The van der Waals surface area contributed by atoms with Crippen LogP contribution in [0.25, 0.3) is 0 Å². The monoisotopic (exact) mass is 819 g/mol. The van der Waals surface area contributed by atoms with Crippen LogP contribution < -0.4 is 0 Å². The number of carbonyl (C=O) groups is 3. The molecule has 0 radical (unpaired) electrons. The molecule has 0 aromatic heterocycles. The molecule has 0 fully saturated rings. The SMILES string of the molecule is CC\C=C/C=C\C=C/C=C\CCCCCC(=O)OC(COC(=O)C/C=C\C/C=C\C/C=C\CC)COC(=O)CCCCCCCCC/C=C\CCCCCCCCCC. The summed E-state index contributed by atoms with van der Waals surface area (Å²) < 4.78 is 16.6. The Balaban J connectivity index is 4.42. The molecule has 0 heterocycles. The third-order valence-corrected chi connectivity index (χ3v) is 9.68. The molecule has 0 aromatic carbocycles. The molecular formula is C53H86O6. The van der Waals surface area contributed by atoms with E-state index in [1.165, 1.54) is 89.9 Å². The first-order chi connectivity index (χ1) is 29.0. The van der Waals surface area contributed by atoms with Gasteiger partial charge in [0.2, 0.25) is 0 Å². The lowest BCUT2D eigenvalue weighted by Gasteiger charge is -2.18. The summed E-state index contributed by atoms with van der Waals surface area (Å²) in [5.41, 5.74) is 0. The molecule has 0 spiro atoms. The second-order valence-corrected chi connectivity index (χ2v) is 15.4. The average Bonchev–Trinajstić information content (AvgIpc) is 3.23. The highest BCUT2D eigenvalue weighted by Gasteiger charge is 2.19. The van der Waals surface area contributed by atoms with E-state index in [2.05, 4.69) is 69.4 Å². The number of esters is 3. The Labute approximate surface area is 362 Å². The lowest BCUT2D eigenvalue weighted by Crippen LogP contribution is -2.30. The van der Waals surface area contributed by atoms with Crippen LogP contribution in [0.3, 0.4) is 0 Å². The summed E-state index contributed by atoms with van der Waals surface area (Å²) in [6.07, 6.45) is 61.5. The highest BCUT2D eigenvalue weighted by atomic mass is 16.6. The smallest absolute Gasteiger partial charge is 0.309 e. The van der Waals surface area contributed by atoms with Crippen LogP contribution in [0.5, 0.6) is 0 Å². The Hall–Kier alpha value is -3.67. The fraction of sp³-hybridized carbons (Fsp3) is 0.642. The third kappa shape index (κ3) is 45.3. The first kappa shape index (κ1) is 55.3. The molecule has 0 aliphatic heterocycles. The molecule has 6 nitrogen and oxygen atoms in total. The minimum Gasteiger partial charge on any atom is -0.462 e. The molecule has 0 N–H and O–H groups in total. The van der Waals surface area contributed by atoms with E-state index in [9.17, 15) is 14.4 Å². The Kier molecular flexibility index (Phi) is 44.1. The highest BCUT2D eigenvalue weighted by Crippen LogP contribution is 2.13.